The Morgan fingerprint density at radius 3 is 2.57 bits per heavy atom. The lowest BCUT2D eigenvalue weighted by molar-refractivity contribution is 0.595. The zero-order valence-electron chi connectivity index (χ0n) is 11.9. The summed E-state index contributed by atoms with van der Waals surface area (Å²) in [5.41, 5.74) is 0.605. The van der Waals surface area contributed by atoms with Gasteiger partial charge in [0.2, 0.25) is 10.0 Å². The van der Waals surface area contributed by atoms with Crippen LogP contribution in [0.15, 0.2) is 40.9 Å². The molecule has 0 radical (unpaired) electrons. The average Bonchev–Trinajstić information content (AvgIpc) is 2.43. The third kappa shape index (κ3) is 4.98. The first-order chi connectivity index (χ1) is 10.00. The summed E-state index contributed by atoms with van der Waals surface area (Å²) in [6.45, 7) is 3.57. The Morgan fingerprint density at radius 2 is 1.81 bits per heavy atom. The van der Waals surface area contributed by atoms with Gasteiger partial charge in [-0.1, -0.05) is 35.0 Å². The fraction of sp³-hybridized carbons (Fsp3) is 0.333. The standard InChI is InChI=1S/C15H19BrN2O2S/c1-2-17-8-3-9-21(19,20)18-15-7-5-12-10-14(16)6-4-13(12)11-15/h4-7,10-11,17-18H,2-3,8-9H2,1H3. The summed E-state index contributed by atoms with van der Waals surface area (Å²) in [6.07, 6.45) is 0.601. The molecular weight excluding hydrogens is 352 g/mol. The monoisotopic (exact) mass is 370 g/mol. The maximum absolute atomic E-state index is 12.0. The highest BCUT2D eigenvalue weighted by molar-refractivity contribution is 9.10. The zero-order chi connectivity index (χ0) is 15.3. The van der Waals surface area contributed by atoms with Crippen LogP contribution in [0.3, 0.4) is 0 Å². The molecule has 0 aliphatic rings. The molecule has 0 heterocycles. The predicted octanol–water partition coefficient (Wildman–Crippen LogP) is 3.34. The average molecular weight is 371 g/mol. The maximum atomic E-state index is 12.0. The summed E-state index contributed by atoms with van der Waals surface area (Å²) < 4.78 is 27.7. The molecule has 2 N–H and O–H groups in total. The Labute approximate surface area is 134 Å². The first-order valence-corrected chi connectivity index (χ1v) is 9.35. The van der Waals surface area contributed by atoms with Crippen molar-refractivity contribution in [1.29, 1.82) is 0 Å². The summed E-state index contributed by atoms with van der Waals surface area (Å²) >= 11 is 3.42. The van der Waals surface area contributed by atoms with Gasteiger partial charge in [-0.15, -0.1) is 0 Å². The molecule has 0 atom stereocenters. The van der Waals surface area contributed by atoms with E-state index in [1.807, 2.05) is 37.3 Å². The van der Waals surface area contributed by atoms with Crippen molar-refractivity contribution in [2.45, 2.75) is 13.3 Å². The van der Waals surface area contributed by atoms with Gasteiger partial charge in [0.1, 0.15) is 0 Å². The molecule has 0 aliphatic heterocycles. The fourth-order valence-electron chi connectivity index (χ4n) is 2.07. The highest BCUT2D eigenvalue weighted by Crippen LogP contribution is 2.23. The van der Waals surface area contributed by atoms with Crippen molar-refractivity contribution in [2.24, 2.45) is 0 Å². The quantitative estimate of drug-likeness (QED) is 0.734. The van der Waals surface area contributed by atoms with Crippen LogP contribution < -0.4 is 10.0 Å². The van der Waals surface area contributed by atoms with Crippen LogP contribution >= 0.6 is 15.9 Å². The van der Waals surface area contributed by atoms with E-state index in [1.54, 1.807) is 6.07 Å². The highest BCUT2D eigenvalue weighted by atomic mass is 79.9. The van der Waals surface area contributed by atoms with Gasteiger partial charge in [0.05, 0.1) is 5.75 Å². The molecule has 0 bridgehead atoms. The molecule has 0 unspecified atom stereocenters. The van der Waals surface area contributed by atoms with Crippen molar-refractivity contribution < 1.29 is 8.42 Å². The van der Waals surface area contributed by atoms with E-state index in [2.05, 4.69) is 26.0 Å². The van der Waals surface area contributed by atoms with Crippen LogP contribution in [0.4, 0.5) is 5.69 Å². The summed E-state index contributed by atoms with van der Waals surface area (Å²) in [7, 11) is -3.29. The van der Waals surface area contributed by atoms with E-state index in [0.717, 1.165) is 21.8 Å². The van der Waals surface area contributed by atoms with Gasteiger partial charge in [-0.3, -0.25) is 4.72 Å². The molecule has 0 fully saturated rings. The van der Waals surface area contributed by atoms with Gasteiger partial charge in [-0.25, -0.2) is 8.42 Å². The topological polar surface area (TPSA) is 58.2 Å². The first-order valence-electron chi connectivity index (χ1n) is 6.91. The Morgan fingerprint density at radius 1 is 1.10 bits per heavy atom. The molecule has 0 aliphatic carbocycles. The Kier molecular flexibility index (Phi) is 5.61. The van der Waals surface area contributed by atoms with Crippen molar-refractivity contribution in [3.63, 3.8) is 0 Å². The molecule has 0 aromatic heterocycles. The van der Waals surface area contributed by atoms with Crippen LogP contribution in [0.5, 0.6) is 0 Å². The van der Waals surface area contributed by atoms with E-state index in [-0.39, 0.29) is 5.75 Å². The Balaban J connectivity index is 2.06. The number of rotatable bonds is 7. The van der Waals surface area contributed by atoms with Gasteiger partial charge in [0.15, 0.2) is 0 Å². The Bertz CT molecular complexity index is 717. The predicted molar refractivity (Wildman–Crippen MR) is 92.2 cm³/mol. The van der Waals surface area contributed by atoms with E-state index >= 15 is 0 Å². The third-order valence-electron chi connectivity index (χ3n) is 3.09. The fourth-order valence-corrected chi connectivity index (χ4v) is 3.57. The van der Waals surface area contributed by atoms with Gasteiger partial charge in [0, 0.05) is 10.2 Å². The van der Waals surface area contributed by atoms with Gasteiger partial charge in [-0.05, 0) is 54.5 Å². The van der Waals surface area contributed by atoms with E-state index in [4.69, 9.17) is 0 Å². The molecule has 0 amide bonds. The first kappa shape index (κ1) is 16.3. The molecular formula is C15H19BrN2O2S. The molecule has 2 aromatic rings. The van der Waals surface area contributed by atoms with Crippen LogP contribution in [-0.4, -0.2) is 27.3 Å². The van der Waals surface area contributed by atoms with Gasteiger partial charge < -0.3 is 5.32 Å². The maximum Gasteiger partial charge on any atom is 0.232 e. The van der Waals surface area contributed by atoms with Crippen LogP contribution in [0, 0.1) is 0 Å². The molecule has 4 nitrogen and oxygen atoms in total. The highest BCUT2D eigenvalue weighted by Gasteiger charge is 2.10. The largest absolute Gasteiger partial charge is 0.317 e. The molecule has 0 saturated heterocycles. The second-order valence-electron chi connectivity index (χ2n) is 4.83. The van der Waals surface area contributed by atoms with E-state index < -0.39 is 10.0 Å². The van der Waals surface area contributed by atoms with Crippen LogP contribution in [0.2, 0.25) is 0 Å². The third-order valence-corrected chi connectivity index (χ3v) is 4.96. The normalized spacial score (nSPS) is 11.7. The minimum atomic E-state index is -3.29. The number of fused-ring (bicyclic) bond motifs is 1. The second kappa shape index (κ2) is 7.24. The van der Waals surface area contributed by atoms with Gasteiger partial charge in [-0.2, -0.15) is 0 Å². The number of hydrogen-bond donors (Lipinski definition) is 2. The zero-order valence-corrected chi connectivity index (χ0v) is 14.3. The number of halogens is 1. The van der Waals surface area contributed by atoms with Crippen molar-refractivity contribution in [3.8, 4) is 0 Å². The smallest absolute Gasteiger partial charge is 0.232 e. The number of nitrogens with one attached hydrogen (secondary N) is 2. The van der Waals surface area contributed by atoms with Crippen LogP contribution in [-0.2, 0) is 10.0 Å². The number of sulfonamides is 1. The van der Waals surface area contributed by atoms with Crippen LogP contribution in [0.25, 0.3) is 10.8 Å². The van der Waals surface area contributed by atoms with Gasteiger partial charge in [0.25, 0.3) is 0 Å². The molecule has 114 valence electrons. The summed E-state index contributed by atoms with van der Waals surface area (Å²) in [6, 6.07) is 11.5. The molecule has 0 saturated carbocycles. The summed E-state index contributed by atoms with van der Waals surface area (Å²) in [5, 5.41) is 5.19. The minimum absolute atomic E-state index is 0.123. The Hall–Kier alpha value is -1.11. The molecule has 2 aromatic carbocycles. The summed E-state index contributed by atoms with van der Waals surface area (Å²) in [4.78, 5) is 0. The minimum Gasteiger partial charge on any atom is -0.317 e. The van der Waals surface area contributed by atoms with Gasteiger partial charge >= 0.3 is 0 Å². The lowest BCUT2D eigenvalue weighted by atomic mass is 10.1. The van der Waals surface area contributed by atoms with Crippen molar-refractivity contribution in [3.05, 3.63) is 40.9 Å². The van der Waals surface area contributed by atoms with Crippen molar-refractivity contribution in [1.82, 2.24) is 5.32 Å². The van der Waals surface area contributed by atoms with E-state index in [9.17, 15) is 8.42 Å². The van der Waals surface area contributed by atoms with E-state index in [1.165, 1.54) is 0 Å². The van der Waals surface area contributed by atoms with Crippen molar-refractivity contribution >= 4 is 42.4 Å². The SMILES string of the molecule is CCNCCCS(=O)(=O)Nc1ccc2cc(Br)ccc2c1. The summed E-state index contributed by atoms with van der Waals surface area (Å²) in [5.74, 6) is 0.123. The molecule has 21 heavy (non-hydrogen) atoms. The molecule has 0 spiro atoms. The molecule has 6 heteroatoms. The second-order valence-corrected chi connectivity index (χ2v) is 7.59. The molecule has 2 rings (SSSR count). The lowest BCUT2D eigenvalue weighted by Gasteiger charge is -2.09. The van der Waals surface area contributed by atoms with Crippen molar-refractivity contribution in [2.75, 3.05) is 23.6 Å². The number of hydrogen-bond acceptors (Lipinski definition) is 3. The lowest BCUT2D eigenvalue weighted by Crippen LogP contribution is -2.21. The van der Waals surface area contributed by atoms with E-state index in [0.29, 0.717) is 18.7 Å². The number of benzene rings is 2. The van der Waals surface area contributed by atoms with Crippen LogP contribution in [0.1, 0.15) is 13.3 Å². The number of anilines is 1.